The maximum absolute atomic E-state index is 5.98. The minimum atomic E-state index is 0.698. The molecule has 19 heavy (non-hydrogen) atoms. The number of likely N-dealkylation sites (tertiary alicyclic amines) is 1. The Morgan fingerprint density at radius 3 is 3.21 bits per heavy atom. The summed E-state index contributed by atoms with van der Waals surface area (Å²) in [5.74, 6) is 1.71. The van der Waals surface area contributed by atoms with Crippen molar-refractivity contribution in [3.63, 3.8) is 0 Å². The summed E-state index contributed by atoms with van der Waals surface area (Å²) in [5.41, 5.74) is 2.70. The van der Waals surface area contributed by atoms with Crippen molar-refractivity contribution in [1.82, 2.24) is 4.90 Å². The summed E-state index contributed by atoms with van der Waals surface area (Å²) >= 11 is 0. The van der Waals surface area contributed by atoms with Gasteiger partial charge in [0.05, 0.1) is 6.61 Å². The van der Waals surface area contributed by atoms with Crippen molar-refractivity contribution >= 4 is 5.69 Å². The Balaban J connectivity index is 1.55. The molecule has 0 bridgehead atoms. The number of fused-ring (bicyclic) bond motifs is 1. The zero-order valence-electron chi connectivity index (χ0n) is 11.8. The van der Waals surface area contributed by atoms with Crippen molar-refractivity contribution in [3.8, 4) is 5.75 Å². The van der Waals surface area contributed by atoms with Gasteiger partial charge in [-0.05, 0) is 44.0 Å². The van der Waals surface area contributed by atoms with Gasteiger partial charge in [0.2, 0.25) is 0 Å². The van der Waals surface area contributed by atoms with E-state index < -0.39 is 0 Å². The number of benzene rings is 1. The summed E-state index contributed by atoms with van der Waals surface area (Å²) < 4.78 is 5.98. The third kappa shape index (κ3) is 3.03. The normalized spacial score (nSPS) is 22.9. The molecule has 1 atom stereocenters. The fourth-order valence-electron chi connectivity index (χ4n) is 3.08. The number of nitrogens with zero attached hydrogens (tertiary/aromatic N) is 1. The lowest BCUT2D eigenvalue weighted by atomic mass is 10.0. The van der Waals surface area contributed by atoms with E-state index >= 15 is 0 Å². The van der Waals surface area contributed by atoms with Crippen LogP contribution in [0, 0.1) is 5.92 Å². The summed E-state index contributed by atoms with van der Waals surface area (Å²) in [4.78, 5) is 2.50. The monoisotopic (exact) mass is 260 g/mol. The molecule has 0 amide bonds. The van der Waals surface area contributed by atoms with Crippen LogP contribution in [0.3, 0.4) is 0 Å². The second-order valence-corrected chi connectivity index (χ2v) is 5.71. The summed E-state index contributed by atoms with van der Waals surface area (Å²) in [6.07, 6.45) is 3.70. The van der Waals surface area contributed by atoms with Gasteiger partial charge in [-0.3, -0.25) is 0 Å². The van der Waals surface area contributed by atoms with Gasteiger partial charge in [-0.2, -0.15) is 0 Å². The first-order chi connectivity index (χ1) is 9.35. The average molecular weight is 260 g/mol. The van der Waals surface area contributed by atoms with E-state index in [4.69, 9.17) is 4.74 Å². The minimum Gasteiger partial charge on any atom is -0.493 e. The summed E-state index contributed by atoms with van der Waals surface area (Å²) in [6.45, 7) is 7.77. The van der Waals surface area contributed by atoms with Crippen LogP contribution >= 0.6 is 0 Å². The van der Waals surface area contributed by atoms with E-state index in [0.29, 0.717) is 5.92 Å². The third-order valence-corrected chi connectivity index (χ3v) is 4.32. The van der Waals surface area contributed by atoms with E-state index in [9.17, 15) is 0 Å². The van der Waals surface area contributed by atoms with Crippen LogP contribution in [0.25, 0.3) is 0 Å². The first-order valence-electron chi connectivity index (χ1n) is 7.57. The van der Waals surface area contributed by atoms with E-state index in [1.807, 2.05) is 0 Å². The maximum atomic E-state index is 5.98. The molecule has 0 aliphatic carbocycles. The summed E-state index contributed by atoms with van der Waals surface area (Å²) in [6, 6.07) is 6.50. The fraction of sp³-hybridized carbons (Fsp3) is 0.625. The molecule has 3 rings (SSSR count). The molecular formula is C16H24N2O. The molecule has 0 saturated carbocycles. The van der Waals surface area contributed by atoms with Crippen molar-refractivity contribution in [3.05, 3.63) is 23.8 Å². The van der Waals surface area contributed by atoms with Gasteiger partial charge >= 0.3 is 0 Å². The maximum Gasteiger partial charge on any atom is 0.121 e. The molecule has 0 radical (unpaired) electrons. The molecule has 2 aliphatic heterocycles. The second-order valence-electron chi connectivity index (χ2n) is 5.71. The molecule has 104 valence electrons. The van der Waals surface area contributed by atoms with Crippen LogP contribution < -0.4 is 10.1 Å². The van der Waals surface area contributed by atoms with Crippen molar-refractivity contribution in [2.45, 2.75) is 26.2 Å². The number of rotatable bonds is 4. The van der Waals surface area contributed by atoms with Gasteiger partial charge < -0.3 is 15.0 Å². The highest BCUT2D eigenvalue weighted by Gasteiger charge is 2.21. The quantitative estimate of drug-likeness (QED) is 0.901. The van der Waals surface area contributed by atoms with Gasteiger partial charge in [-0.1, -0.05) is 13.0 Å². The van der Waals surface area contributed by atoms with Crippen LogP contribution in [0.5, 0.6) is 5.75 Å². The van der Waals surface area contributed by atoms with E-state index in [1.165, 1.54) is 50.1 Å². The predicted molar refractivity (Wildman–Crippen MR) is 79.0 cm³/mol. The second kappa shape index (κ2) is 5.83. The molecular weight excluding hydrogens is 236 g/mol. The largest absolute Gasteiger partial charge is 0.493 e. The van der Waals surface area contributed by atoms with Crippen LogP contribution in [0.15, 0.2) is 18.2 Å². The number of anilines is 1. The molecule has 1 aromatic rings. The molecule has 0 spiro atoms. The summed E-state index contributed by atoms with van der Waals surface area (Å²) in [7, 11) is 0. The van der Waals surface area contributed by atoms with Gasteiger partial charge in [0.15, 0.2) is 0 Å². The Morgan fingerprint density at radius 1 is 1.42 bits per heavy atom. The lowest BCUT2D eigenvalue weighted by Crippen LogP contribution is -2.21. The molecule has 1 fully saturated rings. The number of nitrogens with one attached hydrogen (secondary N) is 1. The average Bonchev–Trinajstić information content (AvgIpc) is 2.93. The first-order valence-corrected chi connectivity index (χ1v) is 7.57. The van der Waals surface area contributed by atoms with Crippen molar-refractivity contribution < 1.29 is 4.74 Å². The number of hydrogen-bond donors (Lipinski definition) is 1. The van der Waals surface area contributed by atoms with Crippen LogP contribution in [0.4, 0.5) is 5.69 Å². The molecule has 2 heterocycles. The third-order valence-electron chi connectivity index (χ3n) is 4.32. The Hall–Kier alpha value is -1.22. The number of aryl methyl sites for hydroxylation is 1. The van der Waals surface area contributed by atoms with Crippen LogP contribution in [-0.2, 0) is 6.42 Å². The van der Waals surface area contributed by atoms with Gasteiger partial charge in [0.25, 0.3) is 0 Å². The van der Waals surface area contributed by atoms with Gasteiger partial charge in [0.1, 0.15) is 5.75 Å². The topological polar surface area (TPSA) is 24.5 Å². The smallest absolute Gasteiger partial charge is 0.121 e. The fourth-order valence-corrected chi connectivity index (χ4v) is 3.08. The van der Waals surface area contributed by atoms with Gasteiger partial charge in [0, 0.05) is 30.8 Å². The zero-order chi connectivity index (χ0) is 13.1. The van der Waals surface area contributed by atoms with Crippen LogP contribution in [-0.4, -0.2) is 37.7 Å². The van der Waals surface area contributed by atoms with E-state index in [1.54, 1.807) is 0 Å². The predicted octanol–water partition coefficient (Wildman–Crippen LogP) is 2.77. The van der Waals surface area contributed by atoms with Gasteiger partial charge in [-0.25, -0.2) is 0 Å². The Morgan fingerprint density at radius 2 is 2.37 bits per heavy atom. The van der Waals surface area contributed by atoms with Crippen LogP contribution in [0.1, 0.15) is 25.3 Å². The van der Waals surface area contributed by atoms with E-state index in [2.05, 4.69) is 35.3 Å². The standard InChI is InChI=1S/C16H24N2O/c1-2-18-9-7-13(11-18)12-19-15-6-5-14-4-3-8-17-16(14)10-15/h5-6,10,13,17H,2-4,7-9,11-12H2,1H3. The lowest BCUT2D eigenvalue weighted by Gasteiger charge is -2.19. The Kier molecular flexibility index (Phi) is 3.92. The Bertz CT molecular complexity index is 433. The zero-order valence-corrected chi connectivity index (χ0v) is 11.8. The van der Waals surface area contributed by atoms with Crippen molar-refractivity contribution in [2.24, 2.45) is 5.92 Å². The highest BCUT2D eigenvalue weighted by Crippen LogP contribution is 2.27. The van der Waals surface area contributed by atoms with Crippen molar-refractivity contribution in [2.75, 3.05) is 38.1 Å². The molecule has 1 N–H and O–H groups in total. The Labute approximate surface area is 115 Å². The minimum absolute atomic E-state index is 0.698. The highest BCUT2D eigenvalue weighted by molar-refractivity contribution is 5.56. The number of hydrogen-bond acceptors (Lipinski definition) is 3. The lowest BCUT2D eigenvalue weighted by molar-refractivity contribution is 0.243. The van der Waals surface area contributed by atoms with E-state index in [-0.39, 0.29) is 0 Å². The SMILES string of the molecule is CCN1CCC(COc2ccc3c(c2)NCCC3)C1. The molecule has 3 nitrogen and oxygen atoms in total. The molecule has 1 unspecified atom stereocenters. The first kappa shape index (κ1) is 12.8. The van der Waals surface area contributed by atoms with Crippen molar-refractivity contribution in [1.29, 1.82) is 0 Å². The number of ether oxygens (including phenoxy) is 1. The molecule has 0 aromatic heterocycles. The molecule has 1 aromatic carbocycles. The highest BCUT2D eigenvalue weighted by atomic mass is 16.5. The van der Waals surface area contributed by atoms with Gasteiger partial charge in [-0.15, -0.1) is 0 Å². The van der Waals surface area contributed by atoms with Crippen LogP contribution in [0.2, 0.25) is 0 Å². The molecule has 1 saturated heterocycles. The molecule has 3 heteroatoms. The molecule has 2 aliphatic rings. The summed E-state index contributed by atoms with van der Waals surface area (Å²) in [5, 5.41) is 3.46. The van der Waals surface area contributed by atoms with E-state index in [0.717, 1.165) is 18.9 Å².